The van der Waals surface area contributed by atoms with Crippen LogP contribution in [0.2, 0.25) is 0 Å². The average molecular weight is 274 g/mol. The maximum absolute atomic E-state index is 11.6. The van der Waals surface area contributed by atoms with Crippen molar-refractivity contribution in [3.8, 4) is 0 Å². The summed E-state index contributed by atoms with van der Waals surface area (Å²) in [7, 11) is -3.11. The average Bonchev–Trinajstić information content (AvgIpc) is 2.28. The van der Waals surface area contributed by atoms with Gasteiger partial charge in [0.05, 0.1) is 6.26 Å². The van der Waals surface area contributed by atoms with E-state index in [-0.39, 0.29) is 5.54 Å². The van der Waals surface area contributed by atoms with E-state index in [0.717, 1.165) is 45.3 Å². The summed E-state index contributed by atoms with van der Waals surface area (Å²) >= 11 is 0. The van der Waals surface area contributed by atoms with E-state index >= 15 is 0 Å². The van der Waals surface area contributed by atoms with Crippen LogP contribution in [-0.4, -0.2) is 44.7 Å². The van der Waals surface area contributed by atoms with E-state index in [0.29, 0.717) is 0 Å². The van der Waals surface area contributed by atoms with E-state index in [9.17, 15) is 8.42 Å². The monoisotopic (exact) mass is 274 g/mol. The molecule has 0 radical (unpaired) electrons. The molecule has 1 saturated carbocycles. The molecule has 1 saturated heterocycles. The number of likely N-dealkylation sites (tertiary alicyclic amines) is 1. The van der Waals surface area contributed by atoms with Crippen LogP contribution in [0.25, 0.3) is 0 Å². The van der Waals surface area contributed by atoms with Crippen LogP contribution in [0.5, 0.6) is 0 Å². The molecule has 0 unspecified atom stereocenters. The Bertz CT molecular complexity index is 355. The fourth-order valence-electron chi connectivity index (χ4n) is 3.46. The van der Waals surface area contributed by atoms with E-state index in [1.165, 1.54) is 31.9 Å². The van der Waals surface area contributed by atoms with Gasteiger partial charge in [-0.15, -0.1) is 0 Å². The molecule has 0 atom stereocenters. The molecule has 0 amide bonds. The van der Waals surface area contributed by atoms with Crippen molar-refractivity contribution >= 4 is 10.0 Å². The SMILES string of the molecule is CS(=O)(=O)NC1(CN2CCCCC2)CCCCC1. The summed E-state index contributed by atoms with van der Waals surface area (Å²) in [6.07, 6.45) is 10.7. The second kappa shape index (κ2) is 5.88. The highest BCUT2D eigenvalue weighted by molar-refractivity contribution is 7.88. The number of sulfonamides is 1. The molecule has 0 bridgehead atoms. The van der Waals surface area contributed by atoms with Crippen LogP contribution < -0.4 is 4.72 Å². The summed E-state index contributed by atoms with van der Waals surface area (Å²) in [5.41, 5.74) is -0.191. The molecule has 0 aromatic rings. The lowest BCUT2D eigenvalue weighted by Crippen LogP contribution is -2.56. The van der Waals surface area contributed by atoms with Gasteiger partial charge >= 0.3 is 0 Å². The second-order valence-corrected chi connectivity index (χ2v) is 7.80. The molecule has 1 aliphatic heterocycles. The minimum atomic E-state index is -3.11. The van der Waals surface area contributed by atoms with Gasteiger partial charge in [-0.25, -0.2) is 13.1 Å². The second-order valence-electron chi connectivity index (χ2n) is 6.05. The molecule has 5 heteroatoms. The van der Waals surface area contributed by atoms with E-state index < -0.39 is 10.0 Å². The lowest BCUT2D eigenvalue weighted by molar-refractivity contribution is 0.140. The summed E-state index contributed by atoms with van der Waals surface area (Å²) in [6, 6.07) is 0. The first-order chi connectivity index (χ1) is 8.49. The maximum atomic E-state index is 11.6. The van der Waals surface area contributed by atoms with E-state index in [1.807, 2.05) is 0 Å². The predicted molar refractivity (Wildman–Crippen MR) is 74.1 cm³/mol. The fourth-order valence-corrected chi connectivity index (χ4v) is 4.52. The van der Waals surface area contributed by atoms with Crippen molar-refractivity contribution in [2.45, 2.75) is 56.9 Å². The van der Waals surface area contributed by atoms with Crippen molar-refractivity contribution in [2.75, 3.05) is 25.9 Å². The third kappa shape index (κ3) is 4.21. The minimum absolute atomic E-state index is 0.191. The highest BCUT2D eigenvalue weighted by Gasteiger charge is 2.36. The first-order valence-electron chi connectivity index (χ1n) is 7.21. The van der Waals surface area contributed by atoms with Crippen LogP contribution in [-0.2, 0) is 10.0 Å². The number of nitrogens with zero attached hydrogens (tertiary/aromatic N) is 1. The highest BCUT2D eigenvalue weighted by Crippen LogP contribution is 2.30. The Balaban J connectivity index is 2.03. The summed E-state index contributed by atoms with van der Waals surface area (Å²) < 4.78 is 26.2. The number of piperidine rings is 1. The third-order valence-corrected chi connectivity index (χ3v) is 4.99. The van der Waals surface area contributed by atoms with Crippen molar-refractivity contribution in [2.24, 2.45) is 0 Å². The van der Waals surface area contributed by atoms with Crippen molar-refractivity contribution in [1.29, 1.82) is 0 Å². The summed E-state index contributed by atoms with van der Waals surface area (Å²) in [5, 5.41) is 0. The van der Waals surface area contributed by atoms with Gasteiger partial charge in [-0.2, -0.15) is 0 Å². The number of rotatable bonds is 4. The van der Waals surface area contributed by atoms with Gasteiger partial charge in [0.1, 0.15) is 0 Å². The van der Waals surface area contributed by atoms with Gasteiger partial charge in [0, 0.05) is 12.1 Å². The Morgan fingerprint density at radius 3 is 2.11 bits per heavy atom. The quantitative estimate of drug-likeness (QED) is 0.849. The van der Waals surface area contributed by atoms with Gasteiger partial charge in [-0.1, -0.05) is 25.7 Å². The molecule has 2 aliphatic rings. The van der Waals surface area contributed by atoms with Crippen LogP contribution >= 0.6 is 0 Å². The zero-order chi connectivity index (χ0) is 13.1. The summed E-state index contributed by atoms with van der Waals surface area (Å²) in [6.45, 7) is 3.17. The van der Waals surface area contributed by atoms with Crippen LogP contribution in [0.4, 0.5) is 0 Å². The molecule has 18 heavy (non-hydrogen) atoms. The Kier molecular flexibility index (Phi) is 4.67. The van der Waals surface area contributed by atoms with Crippen molar-refractivity contribution < 1.29 is 8.42 Å². The minimum Gasteiger partial charge on any atom is -0.301 e. The molecular formula is C13H26N2O2S. The molecule has 1 N–H and O–H groups in total. The van der Waals surface area contributed by atoms with Gasteiger partial charge in [0.25, 0.3) is 0 Å². The molecule has 2 fully saturated rings. The number of hydrogen-bond donors (Lipinski definition) is 1. The lowest BCUT2D eigenvalue weighted by Gasteiger charge is -2.42. The molecule has 0 spiro atoms. The molecule has 106 valence electrons. The lowest BCUT2D eigenvalue weighted by atomic mass is 9.82. The van der Waals surface area contributed by atoms with Gasteiger partial charge in [-0.05, 0) is 38.8 Å². The van der Waals surface area contributed by atoms with E-state index in [2.05, 4.69) is 9.62 Å². The smallest absolute Gasteiger partial charge is 0.209 e. The fraction of sp³-hybridized carbons (Fsp3) is 1.00. The standard InChI is InChI=1S/C13H26N2O2S/c1-18(16,17)14-13(8-4-2-5-9-13)12-15-10-6-3-7-11-15/h14H,2-12H2,1H3. The highest BCUT2D eigenvalue weighted by atomic mass is 32.2. The van der Waals surface area contributed by atoms with Crippen molar-refractivity contribution in [3.63, 3.8) is 0 Å². The molecule has 4 nitrogen and oxygen atoms in total. The van der Waals surface area contributed by atoms with Crippen molar-refractivity contribution in [1.82, 2.24) is 9.62 Å². The molecule has 0 aromatic carbocycles. The zero-order valence-electron chi connectivity index (χ0n) is 11.5. The van der Waals surface area contributed by atoms with Crippen LogP contribution in [0.15, 0.2) is 0 Å². The topological polar surface area (TPSA) is 49.4 Å². The molecular weight excluding hydrogens is 248 g/mol. The molecule has 1 aliphatic carbocycles. The first-order valence-corrected chi connectivity index (χ1v) is 9.10. The number of nitrogens with one attached hydrogen (secondary N) is 1. The van der Waals surface area contributed by atoms with Gasteiger partial charge < -0.3 is 4.90 Å². The molecule has 2 rings (SSSR count). The first kappa shape index (κ1) is 14.3. The summed E-state index contributed by atoms with van der Waals surface area (Å²) in [5.74, 6) is 0. The zero-order valence-corrected chi connectivity index (χ0v) is 12.3. The van der Waals surface area contributed by atoms with Crippen LogP contribution in [0, 0.1) is 0 Å². The van der Waals surface area contributed by atoms with Crippen LogP contribution in [0.1, 0.15) is 51.4 Å². The van der Waals surface area contributed by atoms with Gasteiger partial charge in [0.2, 0.25) is 10.0 Å². The Labute approximate surface area is 111 Å². The predicted octanol–water partition coefficient (Wildman–Crippen LogP) is 1.72. The third-order valence-electron chi connectivity index (χ3n) is 4.19. The van der Waals surface area contributed by atoms with E-state index in [4.69, 9.17) is 0 Å². The Morgan fingerprint density at radius 2 is 1.56 bits per heavy atom. The maximum Gasteiger partial charge on any atom is 0.209 e. The number of hydrogen-bond acceptors (Lipinski definition) is 3. The molecule has 0 aromatic heterocycles. The van der Waals surface area contributed by atoms with Gasteiger partial charge in [0.15, 0.2) is 0 Å². The normalized spacial score (nSPS) is 26.1. The Morgan fingerprint density at radius 1 is 1.00 bits per heavy atom. The summed E-state index contributed by atoms with van der Waals surface area (Å²) in [4.78, 5) is 2.45. The molecule has 1 heterocycles. The largest absolute Gasteiger partial charge is 0.301 e. The van der Waals surface area contributed by atoms with Gasteiger partial charge in [-0.3, -0.25) is 0 Å². The Hall–Kier alpha value is -0.130. The van der Waals surface area contributed by atoms with Crippen LogP contribution in [0.3, 0.4) is 0 Å². The van der Waals surface area contributed by atoms with E-state index in [1.54, 1.807) is 0 Å². The van der Waals surface area contributed by atoms with Crippen molar-refractivity contribution in [3.05, 3.63) is 0 Å².